The van der Waals surface area contributed by atoms with E-state index in [1.807, 2.05) is 6.92 Å². The Bertz CT molecular complexity index is 593. The number of carbonyl (C=O) groups is 1. The van der Waals surface area contributed by atoms with Crippen molar-refractivity contribution in [3.05, 3.63) is 35.6 Å². The number of hydrogen-bond donors (Lipinski definition) is 2. The zero-order chi connectivity index (χ0) is 13.8. The lowest BCUT2D eigenvalue weighted by Gasteiger charge is -2.07. The second-order valence-corrected chi connectivity index (χ2v) is 4.00. The van der Waals surface area contributed by atoms with Crippen LogP contribution in [-0.2, 0) is 0 Å². The minimum Gasteiger partial charge on any atom is -0.494 e. The van der Waals surface area contributed by atoms with E-state index in [0.717, 1.165) is 0 Å². The molecule has 0 aliphatic rings. The molecule has 0 atom stereocenters. The zero-order valence-corrected chi connectivity index (χ0v) is 10.8. The van der Waals surface area contributed by atoms with Crippen LogP contribution in [0, 0.1) is 6.92 Å². The van der Waals surface area contributed by atoms with Gasteiger partial charge in [-0.25, -0.2) is 0 Å². The van der Waals surface area contributed by atoms with Gasteiger partial charge in [0.05, 0.1) is 6.61 Å². The first-order valence-corrected chi connectivity index (χ1v) is 5.86. The van der Waals surface area contributed by atoms with Crippen molar-refractivity contribution in [2.24, 2.45) is 0 Å². The van der Waals surface area contributed by atoms with Gasteiger partial charge in [0.2, 0.25) is 0 Å². The number of nitrogens with zero attached hydrogens (tertiary/aromatic N) is 1. The number of nitrogen functional groups attached to an aromatic ring is 1. The number of hydrogen-bond acceptors (Lipinski definition) is 5. The van der Waals surface area contributed by atoms with E-state index in [1.165, 1.54) is 0 Å². The second kappa shape index (κ2) is 5.43. The Labute approximate surface area is 110 Å². The lowest BCUT2D eigenvalue weighted by atomic mass is 10.1. The van der Waals surface area contributed by atoms with Crippen molar-refractivity contribution < 1.29 is 14.1 Å². The minimum atomic E-state index is -0.318. The summed E-state index contributed by atoms with van der Waals surface area (Å²) < 4.78 is 10.2. The summed E-state index contributed by atoms with van der Waals surface area (Å²) >= 11 is 0. The van der Waals surface area contributed by atoms with Gasteiger partial charge in [0, 0.05) is 23.4 Å². The molecule has 19 heavy (non-hydrogen) atoms. The van der Waals surface area contributed by atoms with Crippen LogP contribution in [0.4, 0.5) is 11.5 Å². The van der Waals surface area contributed by atoms with Gasteiger partial charge in [-0.05, 0) is 26.0 Å². The normalized spacial score (nSPS) is 10.2. The Balaban J connectivity index is 2.18. The Morgan fingerprint density at radius 2 is 2.21 bits per heavy atom. The molecule has 1 aromatic heterocycles. The van der Waals surface area contributed by atoms with Gasteiger partial charge >= 0.3 is 0 Å². The van der Waals surface area contributed by atoms with Crippen molar-refractivity contribution in [1.82, 2.24) is 5.16 Å². The molecule has 1 heterocycles. The van der Waals surface area contributed by atoms with Crippen LogP contribution in [0.2, 0.25) is 0 Å². The second-order valence-electron chi connectivity index (χ2n) is 4.00. The SMILES string of the molecule is CCOc1cc(N)cc(C(=O)Nc2cc(C)on2)c1. The highest BCUT2D eigenvalue weighted by molar-refractivity contribution is 6.04. The predicted octanol–water partition coefficient (Wildman–Crippen LogP) is 2.22. The molecule has 0 aliphatic heterocycles. The van der Waals surface area contributed by atoms with Crippen LogP contribution < -0.4 is 15.8 Å². The molecular formula is C13H15N3O3. The van der Waals surface area contributed by atoms with Crippen LogP contribution in [0.15, 0.2) is 28.8 Å². The quantitative estimate of drug-likeness (QED) is 0.823. The number of amides is 1. The lowest BCUT2D eigenvalue weighted by Crippen LogP contribution is -2.12. The third-order valence-electron chi connectivity index (χ3n) is 2.37. The number of ether oxygens (including phenoxy) is 1. The van der Waals surface area contributed by atoms with Gasteiger partial charge < -0.3 is 20.3 Å². The van der Waals surface area contributed by atoms with Crippen molar-refractivity contribution in [3.63, 3.8) is 0 Å². The van der Waals surface area contributed by atoms with Gasteiger partial charge in [0.25, 0.3) is 5.91 Å². The highest BCUT2D eigenvalue weighted by Gasteiger charge is 2.11. The molecule has 0 unspecified atom stereocenters. The summed E-state index contributed by atoms with van der Waals surface area (Å²) in [5.74, 6) is 1.23. The summed E-state index contributed by atoms with van der Waals surface area (Å²) in [5.41, 5.74) is 6.60. The van der Waals surface area contributed by atoms with E-state index >= 15 is 0 Å². The van der Waals surface area contributed by atoms with Crippen molar-refractivity contribution >= 4 is 17.4 Å². The van der Waals surface area contributed by atoms with Gasteiger partial charge in [-0.2, -0.15) is 0 Å². The predicted molar refractivity (Wildman–Crippen MR) is 71.2 cm³/mol. The Morgan fingerprint density at radius 3 is 2.84 bits per heavy atom. The van der Waals surface area contributed by atoms with Crippen LogP contribution in [0.1, 0.15) is 23.0 Å². The van der Waals surface area contributed by atoms with Crippen LogP contribution in [0.25, 0.3) is 0 Å². The van der Waals surface area contributed by atoms with Crippen molar-refractivity contribution in [2.45, 2.75) is 13.8 Å². The van der Waals surface area contributed by atoms with Crippen LogP contribution in [0.5, 0.6) is 5.75 Å². The molecule has 2 rings (SSSR count). The number of carbonyl (C=O) groups excluding carboxylic acids is 1. The fourth-order valence-electron chi connectivity index (χ4n) is 1.62. The number of anilines is 2. The first kappa shape index (κ1) is 12.9. The van der Waals surface area contributed by atoms with Crippen molar-refractivity contribution in [1.29, 1.82) is 0 Å². The molecule has 2 aromatic rings. The fraction of sp³-hybridized carbons (Fsp3) is 0.231. The number of aromatic nitrogens is 1. The van der Waals surface area contributed by atoms with E-state index in [4.69, 9.17) is 15.0 Å². The standard InChI is InChI=1S/C13H15N3O3/c1-3-18-11-6-9(5-10(14)7-11)13(17)15-12-4-8(2)19-16-12/h4-7H,3,14H2,1-2H3,(H,15,16,17). The van der Waals surface area contributed by atoms with Gasteiger partial charge in [-0.1, -0.05) is 5.16 Å². The number of rotatable bonds is 4. The van der Waals surface area contributed by atoms with Crippen molar-refractivity contribution in [2.75, 3.05) is 17.7 Å². The average molecular weight is 261 g/mol. The molecule has 0 aliphatic carbocycles. The summed E-state index contributed by atoms with van der Waals surface area (Å²) in [6, 6.07) is 6.50. The third kappa shape index (κ3) is 3.25. The Morgan fingerprint density at radius 1 is 1.42 bits per heavy atom. The maximum absolute atomic E-state index is 12.0. The highest BCUT2D eigenvalue weighted by Crippen LogP contribution is 2.20. The molecule has 1 amide bonds. The van der Waals surface area contributed by atoms with E-state index in [0.29, 0.717) is 35.2 Å². The van der Waals surface area contributed by atoms with Crippen LogP contribution in [0.3, 0.4) is 0 Å². The lowest BCUT2D eigenvalue weighted by molar-refractivity contribution is 0.102. The molecule has 0 saturated carbocycles. The molecule has 0 saturated heterocycles. The summed E-state index contributed by atoms with van der Waals surface area (Å²) in [6.45, 7) is 4.12. The summed E-state index contributed by atoms with van der Waals surface area (Å²) in [5, 5.41) is 6.31. The smallest absolute Gasteiger partial charge is 0.257 e. The molecule has 6 nitrogen and oxygen atoms in total. The first-order chi connectivity index (χ1) is 9.08. The van der Waals surface area contributed by atoms with E-state index in [2.05, 4.69) is 10.5 Å². The third-order valence-corrected chi connectivity index (χ3v) is 2.37. The molecule has 0 fully saturated rings. The Hall–Kier alpha value is -2.50. The number of nitrogens with one attached hydrogen (secondary N) is 1. The van der Waals surface area contributed by atoms with E-state index in [1.54, 1.807) is 31.2 Å². The van der Waals surface area contributed by atoms with E-state index in [-0.39, 0.29) is 5.91 Å². The van der Waals surface area contributed by atoms with Gasteiger partial charge in [0.1, 0.15) is 11.5 Å². The van der Waals surface area contributed by atoms with E-state index in [9.17, 15) is 4.79 Å². The van der Waals surface area contributed by atoms with Crippen molar-refractivity contribution in [3.8, 4) is 5.75 Å². The minimum absolute atomic E-state index is 0.318. The topological polar surface area (TPSA) is 90.4 Å². The molecular weight excluding hydrogens is 246 g/mol. The van der Waals surface area contributed by atoms with Crippen LogP contribution >= 0.6 is 0 Å². The largest absolute Gasteiger partial charge is 0.494 e. The molecule has 3 N–H and O–H groups in total. The monoisotopic (exact) mass is 261 g/mol. The maximum atomic E-state index is 12.0. The molecule has 0 radical (unpaired) electrons. The Kier molecular flexibility index (Phi) is 3.70. The summed E-state index contributed by atoms with van der Waals surface area (Å²) in [7, 11) is 0. The number of benzene rings is 1. The number of nitrogens with two attached hydrogens (primary N) is 1. The van der Waals surface area contributed by atoms with Gasteiger partial charge in [-0.3, -0.25) is 4.79 Å². The molecule has 1 aromatic carbocycles. The van der Waals surface area contributed by atoms with Crippen LogP contribution in [-0.4, -0.2) is 17.7 Å². The molecule has 0 spiro atoms. The maximum Gasteiger partial charge on any atom is 0.257 e. The first-order valence-electron chi connectivity index (χ1n) is 5.86. The molecule has 100 valence electrons. The summed E-state index contributed by atoms with van der Waals surface area (Å²) in [6.07, 6.45) is 0. The van der Waals surface area contributed by atoms with E-state index < -0.39 is 0 Å². The van der Waals surface area contributed by atoms with Gasteiger partial charge in [0.15, 0.2) is 5.82 Å². The fourth-order valence-corrected chi connectivity index (χ4v) is 1.62. The highest BCUT2D eigenvalue weighted by atomic mass is 16.5. The molecule has 6 heteroatoms. The molecule has 0 bridgehead atoms. The summed E-state index contributed by atoms with van der Waals surface area (Å²) in [4.78, 5) is 12.0. The zero-order valence-electron chi connectivity index (χ0n) is 10.8. The number of aryl methyl sites for hydroxylation is 1. The van der Waals surface area contributed by atoms with Gasteiger partial charge in [-0.15, -0.1) is 0 Å². The average Bonchev–Trinajstić information content (AvgIpc) is 2.74.